The van der Waals surface area contributed by atoms with E-state index in [1.165, 1.54) is 0 Å². The highest BCUT2D eigenvalue weighted by Gasteiger charge is 2.26. The van der Waals surface area contributed by atoms with E-state index in [1.54, 1.807) is 11.1 Å². The fourth-order valence-electron chi connectivity index (χ4n) is 4.32. The fourth-order valence-corrected chi connectivity index (χ4v) is 4.32. The molecule has 1 N–H and O–H groups in total. The third kappa shape index (κ3) is 6.16. The van der Waals surface area contributed by atoms with Gasteiger partial charge >= 0.3 is 6.09 Å². The van der Waals surface area contributed by atoms with E-state index in [1.807, 2.05) is 52.0 Å². The molecule has 2 aromatic rings. The average molecular weight is 491 g/mol. The summed E-state index contributed by atoms with van der Waals surface area (Å²) in [6.45, 7) is 9.83. The van der Waals surface area contributed by atoms with Crippen molar-refractivity contribution in [2.75, 3.05) is 26.3 Å². The van der Waals surface area contributed by atoms with Crippen molar-refractivity contribution in [1.29, 1.82) is 5.26 Å². The SMILES string of the molecule is C/C=C(OC1CCOCC1)\C(C#N)=C/Cc1ccnc2[nH]c(C3=CCN(C(=O)OC(C)(C)C)C3)cc12. The molecule has 2 aliphatic heterocycles. The number of amides is 1. The number of allylic oxidation sites excluding steroid dienone is 3. The number of carbonyl (C=O) groups excluding carboxylic acids is 1. The standard InChI is InChI=1S/C28H34N4O4/c1-5-25(35-22-10-14-34-15-11-22)20(17-29)7-6-19-8-12-30-26-23(19)16-24(31-26)21-9-13-32(18-21)27(33)36-28(2,3)4/h5,7-9,12,16,22H,6,10-11,13-15,18H2,1-4H3,(H,30,31)/b20-7-,25-5+. The lowest BCUT2D eigenvalue weighted by Gasteiger charge is -2.24. The van der Waals surface area contributed by atoms with Gasteiger partial charge in [0.1, 0.15) is 29.2 Å². The highest BCUT2D eigenvalue weighted by Crippen LogP contribution is 2.28. The van der Waals surface area contributed by atoms with Gasteiger partial charge in [0.25, 0.3) is 0 Å². The molecule has 0 bridgehead atoms. The minimum atomic E-state index is -0.530. The number of rotatable bonds is 6. The van der Waals surface area contributed by atoms with Gasteiger partial charge in [0.05, 0.1) is 25.3 Å². The van der Waals surface area contributed by atoms with Crippen LogP contribution in [0.2, 0.25) is 0 Å². The quantitative estimate of drug-likeness (QED) is 0.336. The Morgan fingerprint density at radius 2 is 2.14 bits per heavy atom. The van der Waals surface area contributed by atoms with Gasteiger partial charge < -0.3 is 24.1 Å². The molecule has 190 valence electrons. The van der Waals surface area contributed by atoms with Gasteiger partial charge in [-0.25, -0.2) is 9.78 Å². The van der Waals surface area contributed by atoms with E-state index in [-0.39, 0.29) is 12.2 Å². The molecule has 2 aliphatic rings. The second-order valence-corrected chi connectivity index (χ2v) is 10.0. The van der Waals surface area contributed by atoms with Gasteiger partial charge in [-0.3, -0.25) is 0 Å². The molecule has 36 heavy (non-hydrogen) atoms. The molecular weight excluding hydrogens is 456 g/mol. The predicted octanol–water partition coefficient (Wildman–Crippen LogP) is 5.29. The lowest BCUT2D eigenvalue weighted by molar-refractivity contribution is -0.00149. The lowest BCUT2D eigenvalue weighted by atomic mass is 10.1. The predicted molar refractivity (Wildman–Crippen MR) is 138 cm³/mol. The van der Waals surface area contributed by atoms with Crippen LogP contribution in [0.5, 0.6) is 0 Å². The Balaban J connectivity index is 1.48. The van der Waals surface area contributed by atoms with Crippen molar-refractivity contribution in [2.24, 2.45) is 0 Å². The van der Waals surface area contributed by atoms with E-state index in [2.05, 4.69) is 22.1 Å². The van der Waals surface area contributed by atoms with Crippen molar-refractivity contribution in [3.63, 3.8) is 0 Å². The Morgan fingerprint density at radius 1 is 1.36 bits per heavy atom. The molecule has 0 radical (unpaired) electrons. The molecule has 1 amide bonds. The van der Waals surface area contributed by atoms with Crippen molar-refractivity contribution < 1.29 is 19.0 Å². The summed E-state index contributed by atoms with van der Waals surface area (Å²) in [4.78, 5) is 22.0. The summed E-state index contributed by atoms with van der Waals surface area (Å²) >= 11 is 0. The van der Waals surface area contributed by atoms with Crippen molar-refractivity contribution in [1.82, 2.24) is 14.9 Å². The topological polar surface area (TPSA) is 100 Å². The van der Waals surface area contributed by atoms with Crippen molar-refractivity contribution in [2.45, 2.75) is 58.7 Å². The van der Waals surface area contributed by atoms with Crippen LogP contribution in [0.3, 0.4) is 0 Å². The van der Waals surface area contributed by atoms with Gasteiger partial charge in [-0.05, 0) is 63.5 Å². The van der Waals surface area contributed by atoms with Gasteiger partial charge in [0, 0.05) is 36.7 Å². The number of nitrogens with one attached hydrogen (secondary N) is 1. The van der Waals surface area contributed by atoms with Gasteiger partial charge in [-0.15, -0.1) is 0 Å². The third-order valence-corrected chi connectivity index (χ3v) is 6.18. The van der Waals surface area contributed by atoms with Crippen molar-refractivity contribution in [3.05, 3.63) is 59.1 Å². The maximum atomic E-state index is 12.4. The summed E-state index contributed by atoms with van der Waals surface area (Å²) < 4.78 is 17.0. The molecule has 0 spiro atoms. The molecule has 0 atom stereocenters. The Morgan fingerprint density at radius 3 is 2.83 bits per heavy atom. The van der Waals surface area contributed by atoms with E-state index < -0.39 is 5.60 Å². The number of nitrogens with zero attached hydrogens (tertiary/aromatic N) is 3. The molecule has 4 rings (SSSR count). The number of aromatic amines is 1. The summed E-state index contributed by atoms with van der Waals surface area (Å²) in [7, 11) is 0. The first-order chi connectivity index (χ1) is 17.3. The van der Waals surface area contributed by atoms with Gasteiger partial charge in [-0.2, -0.15) is 5.26 Å². The summed E-state index contributed by atoms with van der Waals surface area (Å²) in [5.74, 6) is 0.614. The summed E-state index contributed by atoms with van der Waals surface area (Å²) in [5, 5.41) is 10.8. The van der Waals surface area contributed by atoms with Crippen LogP contribution in [0.25, 0.3) is 16.6 Å². The Bertz CT molecular complexity index is 1240. The van der Waals surface area contributed by atoms with E-state index in [0.717, 1.165) is 40.7 Å². The molecule has 4 heterocycles. The number of carbonyl (C=O) groups is 1. The Kier molecular flexibility index (Phi) is 7.80. The van der Waals surface area contributed by atoms with Crippen LogP contribution in [-0.2, 0) is 20.6 Å². The zero-order valence-electron chi connectivity index (χ0n) is 21.5. The number of pyridine rings is 1. The molecule has 0 saturated carbocycles. The largest absolute Gasteiger partial charge is 0.489 e. The zero-order valence-corrected chi connectivity index (χ0v) is 21.5. The van der Waals surface area contributed by atoms with Crippen LogP contribution < -0.4 is 0 Å². The summed E-state index contributed by atoms with van der Waals surface area (Å²) in [5.41, 5.74) is 3.78. The Labute approximate surface area is 212 Å². The molecule has 1 fully saturated rings. The maximum Gasteiger partial charge on any atom is 0.410 e. The number of hydrogen-bond donors (Lipinski definition) is 1. The first-order valence-corrected chi connectivity index (χ1v) is 12.4. The monoisotopic (exact) mass is 490 g/mol. The van der Waals surface area contributed by atoms with Crippen LogP contribution in [0.15, 0.2) is 47.9 Å². The van der Waals surface area contributed by atoms with Gasteiger partial charge in [-0.1, -0.05) is 12.2 Å². The highest BCUT2D eigenvalue weighted by atomic mass is 16.6. The fraction of sp³-hybridized carbons (Fsp3) is 0.464. The maximum absolute atomic E-state index is 12.4. The Hall–Kier alpha value is -3.57. The minimum Gasteiger partial charge on any atom is -0.489 e. The summed E-state index contributed by atoms with van der Waals surface area (Å²) in [6.07, 6.45) is 9.54. The third-order valence-electron chi connectivity index (χ3n) is 6.18. The minimum absolute atomic E-state index is 0.0708. The number of aromatic nitrogens is 2. The van der Waals surface area contributed by atoms with Crippen LogP contribution in [0.1, 0.15) is 51.8 Å². The number of hydrogen-bond acceptors (Lipinski definition) is 6. The molecule has 8 nitrogen and oxygen atoms in total. The second kappa shape index (κ2) is 11.0. The normalized spacial score (nSPS) is 17.8. The number of H-pyrrole nitrogens is 1. The van der Waals surface area contributed by atoms with Crippen molar-refractivity contribution >= 4 is 22.7 Å². The summed E-state index contributed by atoms with van der Waals surface area (Å²) in [6, 6.07) is 6.33. The smallest absolute Gasteiger partial charge is 0.410 e. The average Bonchev–Trinajstić information content (AvgIpc) is 3.51. The molecule has 0 aliphatic carbocycles. The second-order valence-electron chi connectivity index (χ2n) is 10.0. The van der Waals surface area contributed by atoms with Crippen LogP contribution >= 0.6 is 0 Å². The van der Waals surface area contributed by atoms with Crippen LogP contribution in [0, 0.1) is 11.3 Å². The molecule has 8 heteroatoms. The van der Waals surface area contributed by atoms with Gasteiger partial charge in [0.2, 0.25) is 0 Å². The van der Waals surface area contributed by atoms with Crippen LogP contribution in [0.4, 0.5) is 4.79 Å². The highest BCUT2D eigenvalue weighted by molar-refractivity contribution is 5.86. The van der Waals surface area contributed by atoms with Crippen molar-refractivity contribution in [3.8, 4) is 6.07 Å². The lowest BCUT2D eigenvalue weighted by Crippen LogP contribution is -2.35. The zero-order chi connectivity index (χ0) is 25.7. The van der Waals surface area contributed by atoms with E-state index in [4.69, 9.17) is 14.2 Å². The molecule has 2 aromatic heterocycles. The molecule has 0 unspecified atom stereocenters. The van der Waals surface area contributed by atoms with E-state index in [9.17, 15) is 10.1 Å². The molecule has 1 saturated heterocycles. The van der Waals surface area contributed by atoms with Gasteiger partial charge in [0.15, 0.2) is 0 Å². The first kappa shape index (κ1) is 25.5. The molecule has 0 aromatic carbocycles. The molecular formula is C28H34N4O4. The van der Waals surface area contributed by atoms with E-state index in [0.29, 0.717) is 44.1 Å². The number of nitriles is 1. The number of fused-ring (bicyclic) bond motifs is 1. The first-order valence-electron chi connectivity index (χ1n) is 12.4. The van der Waals surface area contributed by atoms with Crippen LogP contribution in [-0.4, -0.2) is 59.0 Å². The number of ether oxygens (including phenoxy) is 3. The van der Waals surface area contributed by atoms with E-state index >= 15 is 0 Å².